The van der Waals surface area contributed by atoms with E-state index in [4.69, 9.17) is 10.5 Å². The summed E-state index contributed by atoms with van der Waals surface area (Å²) in [6.45, 7) is -1.00. The van der Waals surface area contributed by atoms with Gasteiger partial charge in [-0.2, -0.15) is 0 Å². The zero-order chi connectivity index (χ0) is 12.9. The number of hydrogen-bond donors (Lipinski definition) is 1. The van der Waals surface area contributed by atoms with E-state index < -0.39 is 23.8 Å². The highest BCUT2D eigenvalue weighted by atomic mass is 19.1. The third-order valence-corrected chi connectivity index (χ3v) is 3.53. The summed E-state index contributed by atoms with van der Waals surface area (Å²) in [7, 11) is 0. The second kappa shape index (κ2) is 3.63. The number of benzene rings is 1. The largest absolute Gasteiger partial charge is 0.462 e. The lowest BCUT2D eigenvalue weighted by Gasteiger charge is -2.31. The first kappa shape index (κ1) is 11.4. The van der Waals surface area contributed by atoms with Crippen molar-refractivity contribution in [3.63, 3.8) is 0 Å². The third kappa shape index (κ3) is 1.41. The summed E-state index contributed by atoms with van der Waals surface area (Å²) < 4.78 is 46.3. The Kier molecular flexibility index (Phi) is 2.30. The molecule has 1 aromatic carbocycles. The maximum atomic E-state index is 13.8. The van der Waals surface area contributed by atoms with E-state index in [0.29, 0.717) is 6.42 Å². The molecule has 1 saturated carbocycles. The number of fused-ring (bicyclic) bond motifs is 1. The van der Waals surface area contributed by atoms with Crippen LogP contribution in [-0.4, -0.2) is 18.8 Å². The summed E-state index contributed by atoms with van der Waals surface area (Å²) in [6.07, 6.45) is 0.208. The fourth-order valence-corrected chi connectivity index (χ4v) is 2.61. The molecule has 0 aromatic heterocycles. The van der Waals surface area contributed by atoms with Crippen LogP contribution in [0.4, 0.5) is 13.2 Å². The molecule has 1 aromatic rings. The topological polar surface area (TPSA) is 47.6 Å². The quantitative estimate of drug-likeness (QED) is 0.878. The molecule has 0 unspecified atom stereocenters. The minimum Gasteiger partial charge on any atom is -0.462 e. The second-order valence-corrected chi connectivity index (χ2v) is 4.60. The number of ether oxygens (including phenoxy) is 1. The summed E-state index contributed by atoms with van der Waals surface area (Å²) in [6, 6.07) is 3.20. The molecule has 0 saturated heterocycles. The number of alkyl halides is 1. The summed E-state index contributed by atoms with van der Waals surface area (Å²) in [5.74, 6) is -1.98. The van der Waals surface area contributed by atoms with Gasteiger partial charge >= 0.3 is 0 Å². The average molecular weight is 256 g/mol. The molecule has 3 atom stereocenters. The summed E-state index contributed by atoms with van der Waals surface area (Å²) >= 11 is 0. The van der Waals surface area contributed by atoms with Crippen molar-refractivity contribution in [2.24, 2.45) is 16.6 Å². The van der Waals surface area contributed by atoms with Crippen LogP contribution >= 0.6 is 0 Å². The molecule has 18 heavy (non-hydrogen) atoms. The molecule has 2 N–H and O–H groups in total. The standard InChI is InChI=1S/C12H11F3N2O/c13-5-12(6-4-9(6)18-11(16)17-12)10-7(14)2-1-3-8(10)15/h1-3,6,9H,4-5H2,(H2,16,17)/t6-,9+,12-/m0/s1. The summed E-state index contributed by atoms with van der Waals surface area (Å²) in [5.41, 5.74) is 3.52. The highest BCUT2D eigenvalue weighted by Gasteiger charge is 2.60. The molecule has 96 valence electrons. The first-order chi connectivity index (χ1) is 8.58. The molecule has 3 nitrogen and oxygen atoms in total. The zero-order valence-corrected chi connectivity index (χ0v) is 9.37. The predicted octanol–water partition coefficient (Wildman–Crippen LogP) is 1.86. The number of hydrogen-bond acceptors (Lipinski definition) is 3. The Balaban J connectivity index is 2.20. The van der Waals surface area contributed by atoms with Crippen LogP contribution in [0.25, 0.3) is 0 Å². The van der Waals surface area contributed by atoms with Gasteiger partial charge in [-0.05, 0) is 18.6 Å². The van der Waals surface area contributed by atoms with Crippen LogP contribution in [0.5, 0.6) is 0 Å². The van der Waals surface area contributed by atoms with Gasteiger partial charge in [-0.25, -0.2) is 18.2 Å². The smallest absolute Gasteiger partial charge is 0.283 e. The van der Waals surface area contributed by atoms with Crippen LogP contribution in [0.15, 0.2) is 23.2 Å². The van der Waals surface area contributed by atoms with Crippen LogP contribution < -0.4 is 5.73 Å². The van der Waals surface area contributed by atoms with Gasteiger partial charge in [0.2, 0.25) is 0 Å². The van der Waals surface area contributed by atoms with E-state index >= 15 is 0 Å². The van der Waals surface area contributed by atoms with Gasteiger partial charge in [0.1, 0.15) is 30.0 Å². The van der Waals surface area contributed by atoms with Crippen molar-refractivity contribution in [1.82, 2.24) is 0 Å². The molecule has 1 fully saturated rings. The molecule has 1 aliphatic carbocycles. The van der Waals surface area contributed by atoms with E-state index in [1.54, 1.807) is 0 Å². The van der Waals surface area contributed by atoms with Crippen molar-refractivity contribution in [1.29, 1.82) is 0 Å². The van der Waals surface area contributed by atoms with Crippen molar-refractivity contribution in [3.05, 3.63) is 35.4 Å². The van der Waals surface area contributed by atoms with Crippen LogP contribution in [0.3, 0.4) is 0 Å². The molecule has 0 bridgehead atoms. The Morgan fingerprint density at radius 1 is 1.39 bits per heavy atom. The van der Waals surface area contributed by atoms with E-state index in [1.807, 2.05) is 0 Å². The number of nitrogens with zero attached hydrogens (tertiary/aromatic N) is 1. The normalized spacial score (nSPS) is 33.4. The molecule has 3 rings (SSSR count). The van der Waals surface area contributed by atoms with Gasteiger partial charge in [0.25, 0.3) is 6.02 Å². The molecule has 1 aliphatic heterocycles. The van der Waals surface area contributed by atoms with Gasteiger partial charge in [0.15, 0.2) is 0 Å². The van der Waals surface area contributed by atoms with E-state index in [0.717, 1.165) is 12.1 Å². The molecule has 2 aliphatic rings. The Morgan fingerprint density at radius 2 is 2.06 bits per heavy atom. The van der Waals surface area contributed by atoms with Crippen molar-refractivity contribution in [2.45, 2.75) is 18.1 Å². The van der Waals surface area contributed by atoms with E-state index in [2.05, 4.69) is 4.99 Å². The maximum Gasteiger partial charge on any atom is 0.283 e. The SMILES string of the molecule is NC1=N[C@](CF)(c2c(F)cccc2F)[C@H]2C[C@H]2O1. The van der Waals surface area contributed by atoms with Crippen molar-refractivity contribution >= 4 is 6.02 Å². The number of amidine groups is 1. The lowest BCUT2D eigenvalue weighted by molar-refractivity contribution is 0.164. The average Bonchev–Trinajstić information content (AvgIpc) is 3.07. The molecule has 0 spiro atoms. The monoisotopic (exact) mass is 256 g/mol. The molecule has 1 heterocycles. The highest BCUT2D eigenvalue weighted by molar-refractivity contribution is 5.74. The van der Waals surface area contributed by atoms with Gasteiger partial charge in [-0.3, -0.25) is 0 Å². The van der Waals surface area contributed by atoms with E-state index in [1.165, 1.54) is 6.07 Å². The maximum absolute atomic E-state index is 13.8. The Bertz CT molecular complexity index is 514. The zero-order valence-electron chi connectivity index (χ0n) is 9.37. The van der Waals surface area contributed by atoms with Crippen molar-refractivity contribution < 1.29 is 17.9 Å². The fourth-order valence-electron chi connectivity index (χ4n) is 2.61. The summed E-state index contributed by atoms with van der Waals surface area (Å²) in [4.78, 5) is 3.86. The molecular formula is C12H11F3N2O. The number of aliphatic imine (C=N–C) groups is 1. The van der Waals surface area contributed by atoms with Crippen LogP contribution in [-0.2, 0) is 10.3 Å². The molecular weight excluding hydrogens is 245 g/mol. The Hall–Kier alpha value is -1.72. The number of rotatable bonds is 2. The lowest BCUT2D eigenvalue weighted by atomic mass is 9.85. The highest BCUT2D eigenvalue weighted by Crippen LogP contribution is 2.53. The first-order valence-electron chi connectivity index (χ1n) is 5.61. The minimum atomic E-state index is -1.58. The first-order valence-corrected chi connectivity index (χ1v) is 5.61. The lowest BCUT2D eigenvalue weighted by Crippen LogP contribution is -2.40. The van der Waals surface area contributed by atoms with Gasteiger partial charge in [-0.15, -0.1) is 0 Å². The number of nitrogens with two attached hydrogens (primary N) is 1. The van der Waals surface area contributed by atoms with E-state index in [-0.39, 0.29) is 23.6 Å². The van der Waals surface area contributed by atoms with Crippen LogP contribution in [0.2, 0.25) is 0 Å². The predicted molar refractivity (Wildman–Crippen MR) is 58.6 cm³/mol. The molecule has 0 radical (unpaired) electrons. The Labute approximate surface area is 101 Å². The molecule has 6 heteroatoms. The minimum absolute atomic E-state index is 0.214. The summed E-state index contributed by atoms with van der Waals surface area (Å²) in [5, 5.41) is 0. The van der Waals surface area contributed by atoms with Crippen LogP contribution in [0, 0.1) is 17.6 Å². The Morgan fingerprint density at radius 3 is 2.67 bits per heavy atom. The molecule has 0 amide bonds. The van der Waals surface area contributed by atoms with Crippen molar-refractivity contribution in [2.75, 3.05) is 6.67 Å². The van der Waals surface area contributed by atoms with Crippen LogP contribution in [0.1, 0.15) is 12.0 Å². The second-order valence-electron chi connectivity index (χ2n) is 4.60. The van der Waals surface area contributed by atoms with Gasteiger partial charge in [0, 0.05) is 5.92 Å². The third-order valence-electron chi connectivity index (χ3n) is 3.53. The van der Waals surface area contributed by atoms with Crippen molar-refractivity contribution in [3.8, 4) is 0 Å². The van der Waals surface area contributed by atoms with Gasteiger partial charge in [-0.1, -0.05) is 6.07 Å². The van der Waals surface area contributed by atoms with E-state index in [9.17, 15) is 13.2 Å². The number of halogens is 3. The fraction of sp³-hybridized carbons (Fsp3) is 0.417. The van der Waals surface area contributed by atoms with Gasteiger partial charge in [0.05, 0.1) is 5.56 Å². The van der Waals surface area contributed by atoms with Gasteiger partial charge < -0.3 is 10.5 Å².